The van der Waals surface area contributed by atoms with E-state index in [1.165, 1.54) is 0 Å². The lowest BCUT2D eigenvalue weighted by molar-refractivity contribution is -0.134. The van der Waals surface area contributed by atoms with Gasteiger partial charge in [-0.15, -0.1) is 0 Å². The van der Waals surface area contributed by atoms with Crippen molar-refractivity contribution in [1.82, 2.24) is 14.5 Å². The smallest absolute Gasteiger partial charge is 0.266 e. The van der Waals surface area contributed by atoms with Crippen molar-refractivity contribution in [1.29, 1.82) is 0 Å². The van der Waals surface area contributed by atoms with Crippen molar-refractivity contribution in [3.05, 3.63) is 70.3 Å². The van der Waals surface area contributed by atoms with Crippen molar-refractivity contribution in [2.45, 2.75) is 85.1 Å². The van der Waals surface area contributed by atoms with Gasteiger partial charge in [-0.2, -0.15) is 0 Å². The molecule has 0 saturated heterocycles. The van der Waals surface area contributed by atoms with Crippen LogP contribution in [0, 0.1) is 6.92 Å². The molecule has 3 rings (SSSR count). The molecule has 0 N–H and O–H groups in total. The van der Waals surface area contributed by atoms with E-state index >= 15 is 0 Å². The highest BCUT2D eigenvalue weighted by Gasteiger charge is 2.28. The molecule has 34 heavy (non-hydrogen) atoms. The lowest BCUT2D eigenvalue weighted by Crippen LogP contribution is -2.39. The van der Waals surface area contributed by atoms with Crippen LogP contribution in [0.1, 0.15) is 89.6 Å². The van der Waals surface area contributed by atoms with Crippen molar-refractivity contribution >= 4 is 16.8 Å². The lowest BCUT2D eigenvalue weighted by atomic mass is 10.1. The Balaban J connectivity index is 2.13. The molecule has 0 saturated carbocycles. The van der Waals surface area contributed by atoms with E-state index in [0.717, 1.165) is 49.8 Å². The van der Waals surface area contributed by atoms with Crippen LogP contribution in [0.25, 0.3) is 16.6 Å². The van der Waals surface area contributed by atoms with Gasteiger partial charge in [0.25, 0.3) is 5.56 Å². The number of nitrogens with zero attached hydrogens (tertiary/aromatic N) is 3. The van der Waals surface area contributed by atoms with Crippen LogP contribution in [0.15, 0.2) is 53.3 Å². The Morgan fingerprint density at radius 2 is 1.65 bits per heavy atom. The van der Waals surface area contributed by atoms with Gasteiger partial charge in [-0.1, -0.05) is 76.3 Å². The van der Waals surface area contributed by atoms with Crippen LogP contribution < -0.4 is 5.56 Å². The fourth-order valence-electron chi connectivity index (χ4n) is 4.49. The number of benzene rings is 2. The molecular formula is C29H39N3O2. The maximum absolute atomic E-state index is 13.7. The minimum atomic E-state index is -0.260. The topological polar surface area (TPSA) is 55.2 Å². The minimum absolute atomic E-state index is 0.0891. The van der Waals surface area contributed by atoms with Crippen LogP contribution in [-0.2, 0) is 4.79 Å². The molecule has 0 aliphatic rings. The van der Waals surface area contributed by atoms with E-state index in [1.54, 1.807) is 4.57 Å². The monoisotopic (exact) mass is 461 g/mol. The zero-order chi connectivity index (χ0) is 24.5. The highest BCUT2D eigenvalue weighted by molar-refractivity contribution is 5.79. The van der Waals surface area contributed by atoms with Gasteiger partial charge < -0.3 is 4.90 Å². The minimum Gasteiger partial charge on any atom is -0.333 e. The predicted octanol–water partition coefficient (Wildman–Crippen LogP) is 6.74. The molecule has 3 aromatic rings. The first-order chi connectivity index (χ1) is 16.5. The van der Waals surface area contributed by atoms with Gasteiger partial charge in [0.15, 0.2) is 0 Å². The van der Waals surface area contributed by atoms with E-state index in [-0.39, 0.29) is 17.5 Å². The second-order valence-corrected chi connectivity index (χ2v) is 9.14. The highest BCUT2D eigenvalue weighted by atomic mass is 16.2. The Labute approximate surface area is 203 Å². The maximum Gasteiger partial charge on any atom is 0.266 e. The molecule has 0 spiro atoms. The number of aromatic nitrogens is 2. The number of carbonyl (C=O) groups excluding carboxylic acids is 1. The van der Waals surface area contributed by atoms with E-state index in [1.807, 2.05) is 60.4 Å². The van der Waals surface area contributed by atoms with Crippen molar-refractivity contribution in [2.75, 3.05) is 6.54 Å². The number of fused-ring (bicyclic) bond motifs is 1. The zero-order valence-electron chi connectivity index (χ0n) is 21.2. The average molecular weight is 462 g/mol. The molecule has 2 aromatic carbocycles. The predicted molar refractivity (Wildman–Crippen MR) is 140 cm³/mol. The second-order valence-electron chi connectivity index (χ2n) is 9.14. The number of aryl methyl sites for hydroxylation is 1. The van der Waals surface area contributed by atoms with E-state index in [4.69, 9.17) is 4.98 Å². The molecule has 0 fully saturated rings. The van der Waals surface area contributed by atoms with Gasteiger partial charge in [-0.25, -0.2) is 4.98 Å². The number of amides is 1. The van der Waals surface area contributed by atoms with Crippen LogP contribution in [0.5, 0.6) is 0 Å². The molecule has 5 nitrogen and oxygen atoms in total. The third-order valence-electron chi connectivity index (χ3n) is 6.47. The Hall–Kier alpha value is -2.95. The fourth-order valence-corrected chi connectivity index (χ4v) is 4.49. The summed E-state index contributed by atoms with van der Waals surface area (Å²) in [6.45, 7) is 9.11. The standard InChI is InChI=1S/C29H39N3O2/c1-5-8-10-11-16-27(33)31(21-9-6-2)26(7-3)28-30-25-15-13-12-14-24(25)29(34)32(28)23-19-17-22(4)18-20-23/h12-15,17-20,26H,5-11,16,21H2,1-4H3. The first-order valence-electron chi connectivity index (χ1n) is 12.9. The molecule has 1 amide bonds. The maximum atomic E-state index is 13.7. The fraction of sp³-hybridized carbons (Fsp3) is 0.483. The summed E-state index contributed by atoms with van der Waals surface area (Å²) in [7, 11) is 0. The Kier molecular flexibility index (Phi) is 9.43. The summed E-state index contributed by atoms with van der Waals surface area (Å²) in [6, 6.07) is 15.2. The molecule has 1 unspecified atom stereocenters. The van der Waals surface area contributed by atoms with Crippen LogP contribution in [0.3, 0.4) is 0 Å². The normalized spacial score (nSPS) is 12.1. The largest absolute Gasteiger partial charge is 0.333 e. The van der Waals surface area contributed by atoms with Crippen molar-refractivity contribution in [2.24, 2.45) is 0 Å². The summed E-state index contributed by atoms with van der Waals surface area (Å²) >= 11 is 0. The van der Waals surface area contributed by atoms with Crippen molar-refractivity contribution < 1.29 is 4.79 Å². The van der Waals surface area contributed by atoms with Gasteiger partial charge in [-0.3, -0.25) is 14.2 Å². The van der Waals surface area contributed by atoms with Crippen LogP contribution in [0.4, 0.5) is 0 Å². The number of hydrogen-bond donors (Lipinski definition) is 0. The van der Waals surface area contributed by atoms with E-state index in [0.29, 0.717) is 36.1 Å². The van der Waals surface area contributed by atoms with Gasteiger partial charge in [0, 0.05) is 13.0 Å². The van der Waals surface area contributed by atoms with Crippen LogP contribution >= 0.6 is 0 Å². The SMILES string of the molecule is CCCCCCC(=O)N(CCCC)C(CC)c1nc2ccccc2c(=O)n1-c1ccc(C)cc1. The Morgan fingerprint density at radius 1 is 0.941 bits per heavy atom. The summed E-state index contributed by atoms with van der Waals surface area (Å²) in [5.41, 5.74) is 2.50. The molecule has 182 valence electrons. The van der Waals surface area contributed by atoms with Gasteiger partial charge >= 0.3 is 0 Å². The summed E-state index contributed by atoms with van der Waals surface area (Å²) < 4.78 is 1.72. The zero-order valence-corrected chi connectivity index (χ0v) is 21.2. The van der Waals surface area contributed by atoms with Gasteiger partial charge in [-0.05, 0) is 50.5 Å². The third kappa shape index (κ3) is 5.94. The number of rotatable bonds is 12. The first kappa shape index (κ1) is 25.7. The molecule has 0 radical (unpaired) electrons. The third-order valence-corrected chi connectivity index (χ3v) is 6.47. The van der Waals surface area contributed by atoms with E-state index in [9.17, 15) is 9.59 Å². The first-order valence-corrected chi connectivity index (χ1v) is 12.9. The Morgan fingerprint density at radius 3 is 2.32 bits per heavy atom. The van der Waals surface area contributed by atoms with Crippen molar-refractivity contribution in [3.63, 3.8) is 0 Å². The van der Waals surface area contributed by atoms with Gasteiger partial charge in [0.1, 0.15) is 5.82 Å². The quantitative estimate of drug-likeness (QED) is 0.281. The lowest BCUT2D eigenvalue weighted by Gasteiger charge is -2.32. The summed E-state index contributed by atoms with van der Waals surface area (Å²) in [4.78, 5) is 34.1. The molecule has 1 heterocycles. The van der Waals surface area contributed by atoms with Crippen molar-refractivity contribution in [3.8, 4) is 5.69 Å². The summed E-state index contributed by atoms with van der Waals surface area (Å²) in [5, 5.41) is 0.590. The van der Waals surface area contributed by atoms with Gasteiger partial charge in [0.05, 0.1) is 22.6 Å². The highest BCUT2D eigenvalue weighted by Crippen LogP contribution is 2.27. The van der Waals surface area contributed by atoms with E-state index in [2.05, 4.69) is 20.8 Å². The number of unbranched alkanes of at least 4 members (excludes halogenated alkanes) is 4. The molecule has 0 aliphatic heterocycles. The van der Waals surface area contributed by atoms with Crippen LogP contribution in [-0.4, -0.2) is 26.9 Å². The summed E-state index contributed by atoms with van der Waals surface area (Å²) in [6.07, 6.45) is 7.45. The molecular weight excluding hydrogens is 422 g/mol. The molecule has 5 heteroatoms. The van der Waals surface area contributed by atoms with E-state index < -0.39 is 0 Å². The molecule has 0 aliphatic carbocycles. The molecule has 0 bridgehead atoms. The van der Waals surface area contributed by atoms with Gasteiger partial charge in [0.2, 0.25) is 5.91 Å². The number of hydrogen-bond acceptors (Lipinski definition) is 3. The molecule has 1 atom stereocenters. The summed E-state index contributed by atoms with van der Waals surface area (Å²) in [5.74, 6) is 0.808. The number of para-hydroxylation sites is 1. The second kappa shape index (κ2) is 12.5. The van der Waals surface area contributed by atoms with Crippen LogP contribution in [0.2, 0.25) is 0 Å². The Bertz CT molecular complexity index is 1130. The molecule has 1 aromatic heterocycles. The average Bonchev–Trinajstić information content (AvgIpc) is 2.85. The number of carbonyl (C=O) groups is 1.